The molecule has 2 amide bonds. The maximum atomic E-state index is 11.7. The summed E-state index contributed by atoms with van der Waals surface area (Å²) in [6, 6.07) is 7.82. The van der Waals surface area contributed by atoms with E-state index < -0.39 is 17.9 Å². The Morgan fingerprint density at radius 1 is 1.18 bits per heavy atom. The average molecular weight is 343 g/mol. The SMILES string of the molecule is O=C(NCC(O)c1ccco1)C(=O)Nc1cccc(Cl)c1Cl. The summed E-state index contributed by atoms with van der Waals surface area (Å²) in [6.45, 7) is -0.164. The highest BCUT2D eigenvalue weighted by Crippen LogP contribution is 2.29. The number of nitrogens with one attached hydrogen (secondary N) is 2. The fourth-order valence-corrected chi connectivity index (χ4v) is 1.98. The van der Waals surface area contributed by atoms with Gasteiger partial charge in [-0.15, -0.1) is 0 Å². The van der Waals surface area contributed by atoms with Crippen LogP contribution in [0.5, 0.6) is 0 Å². The van der Waals surface area contributed by atoms with Crippen molar-refractivity contribution in [3.8, 4) is 0 Å². The summed E-state index contributed by atoms with van der Waals surface area (Å²) in [5.41, 5.74) is 0.223. The fourth-order valence-electron chi connectivity index (χ4n) is 1.63. The Bertz CT molecular complexity index is 673. The third-order valence-electron chi connectivity index (χ3n) is 2.73. The highest BCUT2D eigenvalue weighted by Gasteiger charge is 2.18. The molecule has 0 aliphatic heterocycles. The third-order valence-corrected chi connectivity index (χ3v) is 3.55. The molecule has 2 aromatic rings. The second kappa shape index (κ2) is 7.31. The van der Waals surface area contributed by atoms with Crippen LogP contribution in [0.1, 0.15) is 11.9 Å². The largest absolute Gasteiger partial charge is 0.467 e. The molecule has 1 heterocycles. The first kappa shape index (κ1) is 16.4. The number of carbonyl (C=O) groups is 2. The zero-order valence-corrected chi connectivity index (χ0v) is 12.7. The minimum Gasteiger partial charge on any atom is -0.467 e. The van der Waals surface area contributed by atoms with E-state index in [1.54, 1.807) is 24.3 Å². The number of benzene rings is 1. The molecule has 3 N–H and O–H groups in total. The normalized spacial score (nSPS) is 11.8. The van der Waals surface area contributed by atoms with E-state index in [0.717, 1.165) is 0 Å². The van der Waals surface area contributed by atoms with Crippen molar-refractivity contribution in [2.45, 2.75) is 6.10 Å². The van der Waals surface area contributed by atoms with Gasteiger partial charge in [-0.3, -0.25) is 9.59 Å². The van der Waals surface area contributed by atoms with E-state index in [9.17, 15) is 14.7 Å². The molecular formula is C14H12Cl2N2O4. The Hall–Kier alpha value is -2.02. The zero-order chi connectivity index (χ0) is 16.1. The van der Waals surface area contributed by atoms with E-state index in [4.69, 9.17) is 27.6 Å². The molecule has 0 radical (unpaired) electrons. The predicted molar refractivity (Wildman–Crippen MR) is 81.8 cm³/mol. The van der Waals surface area contributed by atoms with Crippen LogP contribution in [0.25, 0.3) is 0 Å². The summed E-state index contributed by atoms with van der Waals surface area (Å²) in [5, 5.41) is 14.8. The molecule has 0 bridgehead atoms. The zero-order valence-electron chi connectivity index (χ0n) is 11.2. The minimum atomic E-state index is -1.04. The summed E-state index contributed by atoms with van der Waals surface area (Å²) < 4.78 is 4.98. The molecule has 2 rings (SSSR count). The quantitative estimate of drug-likeness (QED) is 0.744. The van der Waals surface area contributed by atoms with E-state index >= 15 is 0 Å². The molecule has 1 aromatic heterocycles. The molecule has 6 nitrogen and oxygen atoms in total. The van der Waals surface area contributed by atoms with Crippen molar-refractivity contribution in [3.05, 3.63) is 52.4 Å². The van der Waals surface area contributed by atoms with Crippen molar-refractivity contribution < 1.29 is 19.1 Å². The lowest BCUT2D eigenvalue weighted by molar-refractivity contribution is -0.136. The van der Waals surface area contributed by atoms with Crippen LogP contribution in [0, 0.1) is 0 Å². The van der Waals surface area contributed by atoms with Crippen LogP contribution in [-0.4, -0.2) is 23.5 Å². The van der Waals surface area contributed by atoms with Crippen molar-refractivity contribution in [3.63, 3.8) is 0 Å². The van der Waals surface area contributed by atoms with E-state index in [-0.39, 0.29) is 22.3 Å². The first-order valence-corrected chi connectivity index (χ1v) is 6.99. The van der Waals surface area contributed by atoms with E-state index in [0.29, 0.717) is 5.76 Å². The smallest absolute Gasteiger partial charge is 0.313 e. The van der Waals surface area contributed by atoms with Gasteiger partial charge in [0.2, 0.25) is 0 Å². The number of aliphatic hydroxyl groups is 1. The maximum absolute atomic E-state index is 11.7. The van der Waals surface area contributed by atoms with Gasteiger partial charge in [0.25, 0.3) is 0 Å². The van der Waals surface area contributed by atoms with Crippen LogP contribution in [0.3, 0.4) is 0 Å². The lowest BCUT2D eigenvalue weighted by atomic mass is 10.2. The van der Waals surface area contributed by atoms with Crippen LogP contribution in [0.4, 0.5) is 5.69 Å². The summed E-state index contributed by atoms with van der Waals surface area (Å²) >= 11 is 11.7. The van der Waals surface area contributed by atoms with Crippen molar-refractivity contribution in [2.75, 3.05) is 11.9 Å². The first-order chi connectivity index (χ1) is 10.5. The van der Waals surface area contributed by atoms with Crippen molar-refractivity contribution >= 4 is 40.7 Å². The molecule has 0 fully saturated rings. The molecule has 0 saturated carbocycles. The number of halogens is 2. The molecular weight excluding hydrogens is 331 g/mol. The maximum Gasteiger partial charge on any atom is 0.313 e. The molecule has 1 aromatic carbocycles. The summed E-state index contributed by atoms with van der Waals surface area (Å²) in [5.74, 6) is -1.55. The van der Waals surface area contributed by atoms with Crippen LogP contribution >= 0.6 is 23.2 Å². The van der Waals surface area contributed by atoms with Gasteiger partial charge in [-0.2, -0.15) is 0 Å². The van der Waals surface area contributed by atoms with Crippen molar-refractivity contribution in [2.24, 2.45) is 0 Å². The number of amides is 2. The van der Waals surface area contributed by atoms with E-state index in [1.165, 1.54) is 12.3 Å². The highest BCUT2D eigenvalue weighted by molar-refractivity contribution is 6.45. The van der Waals surface area contributed by atoms with Crippen molar-refractivity contribution in [1.82, 2.24) is 5.32 Å². The van der Waals surface area contributed by atoms with Gasteiger partial charge in [-0.25, -0.2) is 0 Å². The molecule has 1 unspecified atom stereocenters. The lowest BCUT2D eigenvalue weighted by Gasteiger charge is -2.10. The third kappa shape index (κ3) is 4.00. The molecule has 8 heteroatoms. The Labute approximate surface area is 136 Å². The van der Waals surface area contributed by atoms with Crippen LogP contribution in [0.2, 0.25) is 10.0 Å². The van der Waals surface area contributed by atoms with Gasteiger partial charge in [0.1, 0.15) is 11.9 Å². The van der Waals surface area contributed by atoms with Gasteiger partial charge in [0.15, 0.2) is 0 Å². The minimum absolute atomic E-state index is 0.140. The monoisotopic (exact) mass is 342 g/mol. The number of anilines is 1. The Kier molecular flexibility index (Phi) is 5.43. The number of hydrogen-bond acceptors (Lipinski definition) is 4. The molecule has 0 saturated heterocycles. The first-order valence-electron chi connectivity index (χ1n) is 6.23. The molecule has 0 spiro atoms. The van der Waals surface area contributed by atoms with E-state index in [1.807, 2.05) is 0 Å². The standard InChI is InChI=1S/C14H12Cl2N2O4/c15-8-3-1-4-9(12(8)16)18-14(21)13(20)17-7-10(19)11-5-2-6-22-11/h1-6,10,19H,7H2,(H,17,20)(H,18,21). The van der Waals surface area contributed by atoms with E-state index in [2.05, 4.69) is 10.6 Å². The number of hydrogen-bond donors (Lipinski definition) is 3. The number of carbonyl (C=O) groups excluding carboxylic acids is 2. The van der Waals surface area contributed by atoms with Crippen LogP contribution in [-0.2, 0) is 9.59 Å². The van der Waals surface area contributed by atoms with Gasteiger partial charge in [0.05, 0.1) is 28.5 Å². The lowest BCUT2D eigenvalue weighted by Crippen LogP contribution is -2.37. The number of furan rings is 1. The topological polar surface area (TPSA) is 91.6 Å². The predicted octanol–water partition coefficient (Wildman–Crippen LogP) is 2.37. The summed E-state index contributed by atoms with van der Waals surface area (Å²) in [4.78, 5) is 23.4. The van der Waals surface area contributed by atoms with Gasteiger partial charge in [-0.05, 0) is 24.3 Å². The molecule has 0 aliphatic carbocycles. The Balaban J connectivity index is 1.90. The Morgan fingerprint density at radius 2 is 1.95 bits per heavy atom. The van der Waals surface area contributed by atoms with Gasteiger partial charge >= 0.3 is 11.8 Å². The number of rotatable bonds is 4. The van der Waals surface area contributed by atoms with Crippen molar-refractivity contribution in [1.29, 1.82) is 0 Å². The van der Waals surface area contributed by atoms with Gasteiger partial charge in [-0.1, -0.05) is 29.3 Å². The van der Waals surface area contributed by atoms with Gasteiger partial charge in [0, 0.05) is 0 Å². The average Bonchev–Trinajstić information content (AvgIpc) is 3.03. The second-order valence-corrected chi connectivity index (χ2v) is 5.08. The molecule has 0 aliphatic rings. The van der Waals surface area contributed by atoms with Crippen LogP contribution < -0.4 is 10.6 Å². The summed E-state index contributed by atoms with van der Waals surface area (Å²) in [6.07, 6.45) is 0.357. The highest BCUT2D eigenvalue weighted by atomic mass is 35.5. The molecule has 1 atom stereocenters. The van der Waals surface area contributed by atoms with Crippen LogP contribution in [0.15, 0.2) is 41.0 Å². The Morgan fingerprint density at radius 3 is 2.64 bits per heavy atom. The second-order valence-electron chi connectivity index (χ2n) is 4.30. The number of aliphatic hydroxyl groups excluding tert-OH is 1. The molecule has 22 heavy (non-hydrogen) atoms. The fraction of sp³-hybridized carbons (Fsp3) is 0.143. The molecule has 116 valence electrons. The van der Waals surface area contributed by atoms with Gasteiger partial charge < -0.3 is 20.2 Å². The summed E-state index contributed by atoms with van der Waals surface area (Å²) in [7, 11) is 0.